The van der Waals surface area contributed by atoms with E-state index in [1.165, 1.54) is 22.3 Å². The Kier molecular flexibility index (Phi) is 15.8. The van der Waals surface area contributed by atoms with E-state index in [0.29, 0.717) is 19.8 Å². The number of benzene rings is 7. The summed E-state index contributed by atoms with van der Waals surface area (Å²) >= 11 is 0. The van der Waals surface area contributed by atoms with Crippen molar-refractivity contribution >= 4 is 22.4 Å². The second-order valence-electron chi connectivity index (χ2n) is 19.2. The van der Waals surface area contributed by atoms with Crippen LogP contribution in [0.1, 0.15) is 109 Å². The van der Waals surface area contributed by atoms with Crippen molar-refractivity contribution in [3.63, 3.8) is 0 Å². The summed E-state index contributed by atoms with van der Waals surface area (Å²) in [5.74, 6) is 2.55. The van der Waals surface area contributed by atoms with Gasteiger partial charge >= 0.3 is 0 Å². The molecule has 0 saturated heterocycles. The van der Waals surface area contributed by atoms with E-state index in [-0.39, 0.29) is 0 Å². The number of nitrogens with zero attached hydrogens (tertiary/aromatic N) is 1. The molecule has 7 aromatic carbocycles. The zero-order chi connectivity index (χ0) is 50.0. The lowest BCUT2D eigenvalue weighted by Crippen LogP contribution is -2.03. The van der Waals surface area contributed by atoms with Crippen molar-refractivity contribution in [1.29, 1.82) is 0 Å². The van der Waals surface area contributed by atoms with Crippen LogP contribution in [0.4, 0.5) is 0 Å². The molecule has 5 nitrogen and oxygen atoms in total. The topological polar surface area (TPSA) is 55.8 Å². The number of nitrogens with one attached hydrogen (secondary N) is 1. The van der Waals surface area contributed by atoms with E-state index in [9.17, 15) is 0 Å². The number of hydrogen-bond acceptors (Lipinski definition) is 4. The third-order valence-corrected chi connectivity index (χ3v) is 13.5. The number of unbranched alkanes of at least 4 members (excludes halogenated alkanes) is 3. The molecule has 0 aliphatic carbocycles. The molecule has 2 heterocycles. The summed E-state index contributed by atoms with van der Waals surface area (Å²) in [7, 11) is 0. The molecule has 364 valence electrons. The maximum atomic E-state index is 6.33. The van der Waals surface area contributed by atoms with Crippen LogP contribution in [0.15, 0.2) is 181 Å². The average Bonchev–Trinajstić information content (AvgIpc) is 3.99. The minimum Gasteiger partial charge on any atom is -0.494 e. The van der Waals surface area contributed by atoms with Gasteiger partial charge in [-0.3, -0.25) is 0 Å². The maximum Gasteiger partial charge on any atom is 0.119 e. The average molecular weight is 949 g/mol. The van der Waals surface area contributed by atoms with Gasteiger partial charge in [-0.2, -0.15) is 0 Å². The number of aliphatic imine (C=N–C) groups is 1. The van der Waals surface area contributed by atoms with E-state index in [1.54, 1.807) is 0 Å². The Labute approximate surface area is 428 Å². The SMILES string of the molecule is CCCCOc1ccc(C2=C(c3ccc(C)cc3)C(c3ccc(C)cc3)=N/C2=C(/c2ccc(OCCCC)cc2)c2[nH]c(-c3ccc(C)cc3)c(-c3ccc(C)cc3)c2-c2ccc(OCCCC)cc2)cc1. The second kappa shape index (κ2) is 23.1. The molecule has 0 unspecified atom stereocenters. The molecular formula is C67H68N2O3. The first kappa shape index (κ1) is 49.4. The van der Waals surface area contributed by atoms with Crippen LogP contribution in [0.5, 0.6) is 17.2 Å². The Hall–Kier alpha value is -7.63. The number of allylic oxidation sites excluding steroid dienone is 2. The van der Waals surface area contributed by atoms with Crippen molar-refractivity contribution in [2.45, 2.75) is 87.0 Å². The third kappa shape index (κ3) is 11.1. The van der Waals surface area contributed by atoms with Gasteiger partial charge in [0.15, 0.2) is 0 Å². The van der Waals surface area contributed by atoms with Crippen LogP contribution in [0.3, 0.4) is 0 Å². The monoisotopic (exact) mass is 949 g/mol. The van der Waals surface area contributed by atoms with Crippen LogP contribution in [-0.4, -0.2) is 30.5 Å². The zero-order valence-electron chi connectivity index (χ0n) is 43.2. The molecule has 1 aliphatic heterocycles. The number of aryl methyl sites for hydroxylation is 4. The molecular weight excluding hydrogens is 881 g/mol. The first-order valence-electron chi connectivity index (χ1n) is 26.0. The fourth-order valence-electron chi connectivity index (χ4n) is 9.32. The zero-order valence-corrected chi connectivity index (χ0v) is 43.2. The van der Waals surface area contributed by atoms with Crippen LogP contribution >= 0.6 is 0 Å². The molecule has 0 atom stereocenters. The molecule has 0 saturated carbocycles. The smallest absolute Gasteiger partial charge is 0.119 e. The maximum absolute atomic E-state index is 6.33. The molecule has 1 aromatic heterocycles. The molecule has 9 rings (SSSR count). The summed E-state index contributed by atoms with van der Waals surface area (Å²) in [6.07, 6.45) is 6.20. The number of hydrogen-bond donors (Lipinski definition) is 1. The predicted octanol–water partition coefficient (Wildman–Crippen LogP) is 17.7. The van der Waals surface area contributed by atoms with Crippen molar-refractivity contribution in [1.82, 2.24) is 4.98 Å². The predicted molar refractivity (Wildman–Crippen MR) is 302 cm³/mol. The van der Waals surface area contributed by atoms with Gasteiger partial charge in [0.25, 0.3) is 0 Å². The van der Waals surface area contributed by atoms with Crippen molar-refractivity contribution in [2.24, 2.45) is 4.99 Å². The van der Waals surface area contributed by atoms with Gasteiger partial charge in [-0.1, -0.05) is 196 Å². The Morgan fingerprint density at radius 1 is 0.389 bits per heavy atom. The minimum absolute atomic E-state index is 0.664. The van der Waals surface area contributed by atoms with Crippen LogP contribution in [0, 0.1) is 27.7 Å². The van der Waals surface area contributed by atoms with Crippen molar-refractivity contribution in [3.05, 3.63) is 226 Å². The first-order chi connectivity index (χ1) is 35.2. The Bertz CT molecular complexity index is 3170. The molecule has 0 fully saturated rings. The largest absolute Gasteiger partial charge is 0.494 e. The van der Waals surface area contributed by atoms with E-state index in [1.807, 2.05) is 0 Å². The Morgan fingerprint density at radius 3 is 1.21 bits per heavy atom. The van der Waals surface area contributed by atoms with Crippen molar-refractivity contribution < 1.29 is 14.2 Å². The fraction of sp³-hybridized carbons (Fsp3) is 0.239. The van der Waals surface area contributed by atoms with E-state index >= 15 is 0 Å². The number of H-pyrrole nitrogens is 1. The lowest BCUT2D eigenvalue weighted by molar-refractivity contribution is 0.309. The Morgan fingerprint density at radius 2 is 0.750 bits per heavy atom. The first-order valence-corrected chi connectivity index (χ1v) is 26.0. The quantitative estimate of drug-likeness (QED) is 0.0775. The van der Waals surface area contributed by atoms with Crippen LogP contribution in [-0.2, 0) is 0 Å². The van der Waals surface area contributed by atoms with E-state index in [0.717, 1.165) is 145 Å². The highest BCUT2D eigenvalue weighted by molar-refractivity contribution is 6.42. The third-order valence-electron chi connectivity index (χ3n) is 13.5. The van der Waals surface area contributed by atoms with Crippen molar-refractivity contribution in [2.75, 3.05) is 19.8 Å². The highest BCUT2D eigenvalue weighted by atomic mass is 16.5. The minimum atomic E-state index is 0.664. The van der Waals surface area contributed by atoms with Gasteiger partial charge in [-0.15, -0.1) is 0 Å². The summed E-state index contributed by atoms with van der Waals surface area (Å²) in [5, 5.41) is 0. The summed E-state index contributed by atoms with van der Waals surface area (Å²) in [6.45, 7) is 17.2. The molecule has 72 heavy (non-hydrogen) atoms. The molecule has 8 aromatic rings. The fourth-order valence-corrected chi connectivity index (χ4v) is 9.32. The molecule has 0 bridgehead atoms. The lowest BCUT2D eigenvalue weighted by atomic mass is 9.85. The molecule has 0 spiro atoms. The number of aromatic amines is 1. The highest BCUT2D eigenvalue weighted by Crippen LogP contribution is 2.51. The summed E-state index contributed by atoms with van der Waals surface area (Å²) in [6, 6.07) is 61.5. The normalized spacial score (nSPS) is 13.1. The number of rotatable bonds is 20. The van der Waals surface area contributed by atoms with E-state index in [2.05, 4.69) is 223 Å². The van der Waals surface area contributed by atoms with Gasteiger partial charge in [0.2, 0.25) is 0 Å². The van der Waals surface area contributed by atoms with Gasteiger partial charge in [0.1, 0.15) is 17.2 Å². The van der Waals surface area contributed by atoms with E-state index in [4.69, 9.17) is 19.2 Å². The van der Waals surface area contributed by atoms with Gasteiger partial charge < -0.3 is 19.2 Å². The van der Waals surface area contributed by atoms with Crippen LogP contribution in [0.2, 0.25) is 0 Å². The van der Waals surface area contributed by atoms with Gasteiger partial charge in [0.05, 0.1) is 42.6 Å². The van der Waals surface area contributed by atoms with Crippen LogP contribution in [0.25, 0.3) is 50.2 Å². The van der Waals surface area contributed by atoms with Gasteiger partial charge in [0, 0.05) is 33.4 Å². The van der Waals surface area contributed by atoms with Gasteiger partial charge in [-0.05, 0) is 117 Å². The number of ether oxygens (including phenoxy) is 3. The number of aromatic nitrogens is 1. The highest BCUT2D eigenvalue weighted by Gasteiger charge is 2.34. The molecule has 1 aliphatic rings. The molecule has 0 amide bonds. The molecule has 0 radical (unpaired) electrons. The van der Waals surface area contributed by atoms with Crippen LogP contribution < -0.4 is 14.2 Å². The standard InChI is InChI=1S/C67H68N2O3/c1-8-11-42-70-56-36-30-51(31-37-56)61-59(49-22-14-45(4)15-23-49)64(54-26-18-47(6)19-27-54)68-66(61)63(53-34-40-58(41-35-53)72-44-13-10-3)67-62(52-32-38-57(39-33-52)71-43-12-9-2)60(50-24-16-46(5)17-25-50)65(69-67)55-28-20-48(7)21-29-55/h14-41,68H,8-13,42-44H2,1-7H3/b67-63-. The van der Waals surface area contributed by atoms with Gasteiger partial charge in [-0.25, -0.2) is 4.99 Å². The molecule has 1 N–H and O–H groups in total. The second-order valence-corrected chi connectivity index (χ2v) is 19.2. The lowest BCUT2D eigenvalue weighted by Gasteiger charge is -2.18. The van der Waals surface area contributed by atoms with E-state index < -0.39 is 0 Å². The summed E-state index contributed by atoms with van der Waals surface area (Å²) in [5.41, 5.74) is 21.3. The van der Waals surface area contributed by atoms with Crippen molar-refractivity contribution in [3.8, 4) is 50.8 Å². The summed E-state index contributed by atoms with van der Waals surface area (Å²) < 4.78 is 18.9. The summed E-state index contributed by atoms with van der Waals surface area (Å²) in [4.78, 5) is 10.2. The Balaban J connectivity index is 1.43. The molecule has 5 heteroatoms.